The lowest BCUT2D eigenvalue weighted by molar-refractivity contribution is 0.0222. The van der Waals surface area contributed by atoms with Crippen LogP contribution in [0.2, 0.25) is 0 Å². The monoisotopic (exact) mass is 266 g/mol. The van der Waals surface area contributed by atoms with Gasteiger partial charge in [0, 0.05) is 50.2 Å². The standard InChI is InChI=1S/C13H22N4S/c1-10-11(2)18-13(15-10)9-16-7-12(8-16)17-5-3-14-4-6-17/h12,14H,3-9H2,1-2H3. The van der Waals surface area contributed by atoms with E-state index in [0.29, 0.717) is 0 Å². The number of aromatic nitrogens is 1. The second-order valence-electron chi connectivity index (χ2n) is 5.38. The molecule has 0 radical (unpaired) electrons. The molecule has 5 heteroatoms. The van der Waals surface area contributed by atoms with Gasteiger partial charge in [-0.1, -0.05) is 0 Å². The maximum atomic E-state index is 4.62. The Kier molecular flexibility index (Phi) is 3.66. The van der Waals surface area contributed by atoms with Crippen LogP contribution in [0.15, 0.2) is 0 Å². The van der Waals surface area contributed by atoms with E-state index in [9.17, 15) is 0 Å². The van der Waals surface area contributed by atoms with Gasteiger partial charge in [0.15, 0.2) is 0 Å². The minimum Gasteiger partial charge on any atom is -0.314 e. The van der Waals surface area contributed by atoms with E-state index in [2.05, 4.69) is 33.9 Å². The third kappa shape index (κ3) is 2.59. The lowest BCUT2D eigenvalue weighted by atomic mass is 10.1. The summed E-state index contributed by atoms with van der Waals surface area (Å²) in [7, 11) is 0. The summed E-state index contributed by atoms with van der Waals surface area (Å²) in [6, 6.07) is 0.786. The first kappa shape index (κ1) is 12.5. The quantitative estimate of drug-likeness (QED) is 0.879. The first-order valence-corrected chi connectivity index (χ1v) is 7.64. The first-order chi connectivity index (χ1) is 8.72. The Bertz CT molecular complexity index is 386. The molecule has 0 atom stereocenters. The Morgan fingerprint density at radius 2 is 2.00 bits per heavy atom. The number of nitrogens with one attached hydrogen (secondary N) is 1. The lowest BCUT2D eigenvalue weighted by Gasteiger charge is -2.46. The summed E-state index contributed by atoms with van der Waals surface area (Å²) in [5.74, 6) is 0. The molecule has 2 fully saturated rings. The van der Waals surface area contributed by atoms with Gasteiger partial charge in [-0.05, 0) is 13.8 Å². The number of nitrogens with zero attached hydrogens (tertiary/aromatic N) is 3. The second-order valence-corrected chi connectivity index (χ2v) is 6.67. The zero-order chi connectivity index (χ0) is 12.5. The van der Waals surface area contributed by atoms with Crippen LogP contribution in [0.5, 0.6) is 0 Å². The van der Waals surface area contributed by atoms with Gasteiger partial charge in [0.2, 0.25) is 0 Å². The minimum absolute atomic E-state index is 0.786. The summed E-state index contributed by atoms with van der Waals surface area (Å²) in [5, 5.41) is 4.70. The fourth-order valence-electron chi connectivity index (χ4n) is 2.75. The van der Waals surface area contributed by atoms with E-state index in [1.165, 1.54) is 41.8 Å². The molecule has 2 aliphatic rings. The normalized spacial score (nSPS) is 23.2. The highest BCUT2D eigenvalue weighted by Crippen LogP contribution is 2.22. The van der Waals surface area contributed by atoms with E-state index >= 15 is 0 Å². The number of hydrogen-bond acceptors (Lipinski definition) is 5. The number of thiazole rings is 1. The zero-order valence-electron chi connectivity index (χ0n) is 11.3. The van der Waals surface area contributed by atoms with Crippen molar-refractivity contribution in [1.29, 1.82) is 0 Å². The van der Waals surface area contributed by atoms with Crippen LogP contribution in [-0.2, 0) is 6.54 Å². The lowest BCUT2D eigenvalue weighted by Crippen LogP contribution is -2.62. The average Bonchev–Trinajstić information content (AvgIpc) is 2.64. The highest BCUT2D eigenvalue weighted by atomic mass is 32.1. The van der Waals surface area contributed by atoms with Crippen molar-refractivity contribution in [3.8, 4) is 0 Å². The molecule has 0 saturated carbocycles. The third-order valence-corrected chi connectivity index (χ3v) is 5.10. The van der Waals surface area contributed by atoms with Crippen LogP contribution < -0.4 is 5.32 Å². The van der Waals surface area contributed by atoms with Gasteiger partial charge < -0.3 is 5.32 Å². The molecule has 0 amide bonds. The predicted octanol–water partition coefficient (Wildman–Crippen LogP) is 0.849. The van der Waals surface area contributed by atoms with E-state index in [1.54, 1.807) is 0 Å². The Morgan fingerprint density at radius 3 is 2.61 bits per heavy atom. The van der Waals surface area contributed by atoms with E-state index < -0.39 is 0 Å². The molecule has 100 valence electrons. The van der Waals surface area contributed by atoms with Gasteiger partial charge in [-0.25, -0.2) is 4.98 Å². The summed E-state index contributed by atoms with van der Waals surface area (Å²) in [6.45, 7) is 12.5. The number of aryl methyl sites for hydroxylation is 2. The maximum Gasteiger partial charge on any atom is 0.107 e. The van der Waals surface area contributed by atoms with Gasteiger partial charge in [0.25, 0.3) is 0 Å². The van der Waals surface area contributed by atoms with Crippen molar-refractivity contribution in [1.82, 2.24) is 20.1 Å². The van der Waals surface area contributed by atoms with Crippen molar-refractivity contribution < 1.29 is 0 Å². The molecule has 3 rings (SSSR count). The van der Waals surface area contributed by atoms with Gasteiger partial charge in [0.1, 0.15) is 5.01 Å². The Labute approximate surface area is 113 Å². The number of rotatable bonds is 3. The fraction of sp³-hybridized carbons (Fsp3) is 0.769. The van der Waals surface area contributed by atoms with E-state index in [1.807, 2.05) is 11.3 Å². The van der Waals surface area contributed by atoms with Crippen LogP contribution in [-0.4, -0.2) is 60.1 Å². The largest absolute Gasteiger partial charge is 0.314 e. The molecule has 1 N–H and O–H groups in total. The van der Waals surface area contributed by atoms with Crippen LogP contribution in [0.1, 0.15) is 15.6 Å². The molecule has 2 aliphatic heterocycles. The van der Waals surface area contributed by atoms with Crippen LogP contribution >= 0.6 is 11.3 Å². The van der Waals surface area contributed by atoms with Crippen LogP contribution in [0.4, 0.5) is 0 Å². The van der Waals surface area contributed by atoms with Crippen LogP contribution in [0, 0.1) is 13.8 Å². The van der Waals surface area contributed by atoms with Gasteiger partial charge in [-0.3, -0.25) is 9.80 Å². The molecule has 1 aromatic heterocycles. The molecule has 0 aliphatic carbocycles. The van der Waals surface area contributed by atoms with Gasteiger partial charge in [-0.2, -0.15) is 0 Å². The fourth-order valence-corrected chi connectivity index (χ4v) is 3.72. The van der Waals surface area contributed by atoms with Crippen molar-refractivity contribution in [3.63, 3.8) is 0 Å². The highest BCUT2D eigenvalue weighted by Gasteiger charge is 2.32. The molecule has 1 aromatic rings. The third-order valence-electron chi connectivity index (χ3n) is 4.04. The molecular weight excluding hydrogens is 244 g/mol. The van der Waals surface area contributed by atoms with Crippen molar-refractivity contribution in [2.45, 2.75) is 26.4 Å². The average molecular weight is 266 g/mol. The van der Waals surface area contributed by atoms with Crippen molar-refractivity contribution in [2.24, 2.45) is 0 Å². The van der Waals surface area contributed by atoms with E-state index in [0.717, 1.165) is 25.7 Å². The summed E-state index contributed by atoms with van der Waals surface area (Å²) < 4.78 is 0. The molecule has 0 unspecified atom stereocenters. The van der Waals surface area contributed by atoms with E-state index in [4.69, 9.17) is 0 Å². The molecule has 18 heavy (non-hydrogen) atoms. The number of piperazine rings is 1. The summed E-state index contributed by atoms with van der Waals surface area (Å²) in [5.41, 5.74) is 1.20. The predicted molar refractivity (Wildman–Crippen MR) is 75.1 cm³/mol. The molecule has 3 heterocycles. The van der Waals surface area contributed by atoms with Crippen LogP contribution in [0.3, 0.4) is 0 Å². The van der Waals surface area contributed by atoms with Crippen LogP contribution in [0.25, 0.3) is 0 Å². The first-order valence-electron chi connectivity index (χ1n) is 6.82. The van der Waals surface area contributed by atoms with Gasteiger partial charge in [0.05, 0.1) is 12.2 Å². The SMILES string of the molecule is Cc1nc(CN2CC(N3CCNCC3)C2)sc1C. The molecule has 0 bridgehead atoms. The van der Waals surface area contributed by atoms with Gasteiger partial charge >= 0.3 is 0 Å². The summed E-state index contributed by atoms with van der Waals surface area (Å²) >= 11 is 1.85. The Balaban J connectivity index is 1.47. The number of likely N-dealkylation sites (tertiary alicyclic amines) is 1. The minimum atomic E-state index is 0.786. The topological polar surface area (TPSA) is 31.4 Å². The second kappa shape index (κ2) is 5.25. The molecular formula is C13H22N4S. The van der Waals surface area contributed by atoms with Crippen molar-refractivity contribution >= 4 is 11.3 Å². The Hall–Kier alpha value is -0.490. The molecule has 4 nitrogen and oxygen atoms in total. The van der Waals surface area contributed by atoms with Gasteiger partial charge in [-0.15, -0.1) is 11.3 Å². The highest BCUT2D eigenvalue weighted by molar-refractivity contribution is 7.11. The number of hydrogen-bond donors (Lipinski definition) is 1. The zero-order valence-corrected chi connectivity index (χ0v) is 12.1. The maximum absolute atomic E-state index is 4.62. The summed E-state index contributed by atoms with van der Waals surface area (Å²) in [4.78, 5) is 11.1. The molecule has 2 saturated heterocycles. The smallest absolute Gasteiger partial charge is 0.107 e. The van der Waals surface area contributed by atoms with Crippen molar-refractivity contribution in [2.75, 3.05) is 39.3 Å². The molecule has 0 spiro atoms. The molecule has 0 aromatic carbocycles. The van der Waals surface area contributed by atoms with Crippen molar-refractivity contribution in [3.05, 3.63) is 15.6 Å². The Morgan fingerprint density at radius 1 is 1.28 bits per heavy atom. The summed E-state index contributed by atoms with van der Waals surface area (Å²) in [6.07, 6.45) is 0. The van der Waals surface area contributed by atoms with E-state index in [-0.39, 0.29) is 0 Å².